The molecule has 2 aromatic carbocycles. The van der Waals surface area contributed by atoms with Crippen molar-refractivity contribution in [3.05, 3.63) is 51.8 Å². The summed E-state index contributed by atoms with van der Waals surface area (Å²) in [6, 6.07) is 8.28. The molecule has 2 aliphatic rings. The van der Waals surface area contributed by atoms with E-state index in [4.69, 9.17) is 27.9 Å². The first-order valence-electron chi connectivity index (χ1n) is 8.26. The SMILES string of the molecule is Fc1cc2c(c(-c3c(Cl)cccc3Cl)c1)OC(CNCC1CC1)C2. The zero-order valence-electron chi connectivity index (χ0n) is 13.1. The van der Waals surface area contributed by atoms with Gasteiger partial charge in [-0.2, -0.15) is 0 Å². The van der Waals surface area contributed by atoms with Crippen LogP contribution in [0.15, 0.2) is 30.3 Å². The highest BCUT2D eigenvalue weighted by atomic mass is 35.5. The second kappa shape index (κ2) is 6.55. The molecular weight excluding hydrogens is 348 g/mol. The van der Waals surface area contributed by atoms with Gasteiger partial charge >= 0.3 is 0 Å². The summed E-state index contributed by atoms with van der Waals surface area (Å²) in [4.78, 5) is 0. The molecule has 1 N–H and O–H groups in total. The fourth-order valence-electron chi connectivity index (χ4n) is 3.22. The molecule has 1 fully saturated rings. The van der Waals surface area contributed by atoms with Crippen molar-refractivity contribution in [3.63, 3.8) is 0 Å². The van der Waals surface area contributed by atoms with Crippen molar-refractivity contribution in [1.82, 2.24) is 5.32 Å². The second-order valence-electron chi connectivity index (χ2n) is 6.58. The van der Waals surface area contributed by atoms with E-state index in [2.05, 4.69) is 5.32 Å². The van der Waals surface area contributed by atoms with Gasteiger partial charge in [-0.15, -0.1) is 0 Å². The smallest absolute Gasteiger partial charge is 0.131 e. The van der Waals surface area contributed by atoms with Crippen LogP contribution in [0.1, 0.15) is 18.4 Å². The van der Waals surface area contributed by atoms with Crippen LogP contribution in [0.5, 0.6) is 5.75 Å². The molecule has 1 atom stereocenters. The van der Waals surface area contributed by atoms with Gasteiger partial charge in [0.05, 0.1) is 10.0 Å². The minimum Gasteiger partial charge on any atom is -0.488 e. The van der Waals surface area contributed by atoms with Gasteiger partial charge in [0.2, 0.25) is 0 Å². The largest absolute Gasteiger partial charge is 0.488 e. The van der Waals surface area contributed by atoms with E-state index in [0.29, 0.717) is 33.3 Å². The topological polar surface area (TPSA) is 21.3 Å². The maximum absolute atomic E-state index is 14.1. The fraction of sp³-hybridized carbons (Fsp3) is 0.368. The lowest BCUT2D eigenvalue weighted by molar-refractivity contribution is 0.228. The molecule has 0 aromatic heterocycles. The molecule has 5 heteroatoms. The van der Waals surface area contributed by atoms with Crippen molar-refractivity contribution >= 4 is 23.2 Å². The number of benzene rings is 2. The van der Waals surface area contributed by atoms with Crippen LogP contribution in [0, 0.1) is 11.7 Å². The van der Waals surface area contributed by atoms with Crippen molar-refractivity contribution in [3.8, 4) is 16.9 Å². The minimum absolute atomic E-state index is 0.0144. The molecule has 24 heavy (non-hydrogen) atoms. The van der Waals surface area contributed by atoms with Crippen molar-refractivity contribution in [1.29, 1.82) is 0 Å². The summed E-state index contributed by atoms with van der Waals surface area (Å²) in [5.41, 5.74) is 2.13. The number of nitrogens with one attached hydrogen (secondary N) is 1. The third-order valence-corrected chi connectivity index (χ3v) is 5.23. The highest BCUT2D eigenvalue weighted by Crippen LogP contribution is 2.44. The lowest BCUT2D eigenvalue weighted by Crippen LogP contribution is -2.31. The van der Waals surface area contributed by atoms with Crippen LogP contribution in [-0.4, -0.2) is 19.2 Å². The molecule has 2 nitrogen and oxygen atoms in total. The molecule has 1 aliphatic heterocycles. The highest BCUT2D eigenvalue weighted by molar-refractivity contribution is 6.39. The maximum Gasteiger partial charge on any atom is 0.131 e. The van der Waals surface area contributed by atoms with Crippen LogP contribution in [0.4, 0.5) is 4.39 Å². The lowest BCUT2D eigenvalue weighted by atomic mass is 10.00. The summed E-state index contributed by atoms with van der Waals surface area (Å²) in [6.45, 7) is 1.80. The van der Waals surface area contributed by atoms with Crippen molar-refractivity contribution in [2.75, 3.05) is 13.1 Å². The van der Waals surface area contributed by atoms with E-state index >= 15 is 0 Å². The van der Waals surface area contributed by atoms with Gasteiger partial charge < -0.3 is 10.1 Å². The third kappa shape index (κ3) is 3.26. The minimum atomic E-state index is -0.296. The Morgan fingerprint density at radius 2 is 1.88 bits per heavy atom. The Morgan fingerprint density at radius 3 is 2.58 bits per heavy atom. The number of rotatable bonds is 5. The van der Waals surface area contributed by atoms with E-state index in [1.54, 1.807) is 24.3 Å². The predicted octanol–water partition coefficient (Wildman–Crippen LogP) is 5.10. The number of halogens is 3. The molecule has 0 spiro atoms. The van der Waals surface area contributed by atoms with Crippen LogP contribution in [0.2, 0.25) is 10.0 Å². The zero-order chi connectivity index (χ0) is 16.7. The normalized spacial score (nSPS) is 19.2. The Morgan fingerprint density at radius 1 is 1.12 bits per heavy atom. The van der Waals surface area contributed by atoms with Gasteiger partial charge in [-0.25, -0.2) is 4.39 Å². The fourth-order valence-corrected chi connectivity index (χ4v) is 3.82. The van der Waals surface area contributed by atoms with E-state index in [1.165, 1.54) is 18.9 Å². The first kappa shape index (κ1) is 16.2. The average Bonchev–Trinajstić information content (AvgIpc) is 3.25. The van der Waals surface area contributed by atoms with Gasteiger partial charge in [-0.3, -0.25) is 0 Å². The Kier molecular flexibility index (Phi) is 4.42. The molecule has 0 radical (unpaired) electrons. The first-order valence-corrected chi connectivity index (χ1v) is 9.01. The second-order valence-corrected chi connectivity index (χ2v) is 7.40. The molecule has 0 bridgehead atoms. The highest BCUT2D eigenvalue weighted by Gasteiger charge is 2.29. The van der Waals surface area contributed by atoms with Crippen LogP contribution in [-0.2, 0) is 6.42 Å². The van der Waals surface area contributed by atoms with Crippen LogP contribution in [0.25, 0.3) is 11.1 Å². The average molecular weight is 366 g/mol. The molecule has 1 unspecified atom stereocenters. The number of hydrogen-bond donors (Lipinski definition) is 1. The van der Waals surface area contributed by atoms with Crippen molar-refractivity contribution in [2.45, 2.75) is 25.4 Å². The zero-order valence-corrected chi connectivity index (χ0v) is 14.6. The predicted molar refractivity (Wildman–Crippen MR) is 95.6 cm³/mol. The molecule has 0 saturated heterocycles. The number of fused-ring (bicyclic) bond motifs is 1. The molecular formula is C19H18Cl2FNO. The Hall–Kier alpha value is -1.29. The molecule has 1 heterocycles. The van der Waals surface area contributed by atoms with Crippen LogP contribution < -0.4 is 10.1 Å². The van der Waals surface area contributed by atoms with E-state index in [1.807, 2.05) is 0 Å². The van der Waals surface area contributed by atoms with E-state index in [9.17, 15) is 4.39 Å². The summed E-state index contributed by atoms with van der Waals surface area (Å²) in [6.07, 6.45) is 3.35. The summed E-state index contributed by atoms with van der Waals surface area (Å²) in [7, 11) is 0. The molecule has 1 saturated carbocycles. The molecule has 126 valence electrons. The lowest BCUT2D eigenvalue weighted by Gasteiger charge is -2.15. The van der Waals surface area contributed by atoms with Gasteiger partial charge in [0.15, 0.2) is 0 Å². The first-order chi connectivity index (χ1) is 11.6. The Bertz CT molecular complexity index is 756. The maximum atomic E-state index is 14.1. The molecule has 2 aromatic rings. The van der Waals surface area contributed by atoms with Crippen molar-refractivity contribution < 1.29 is 9.13 Å². The van der Waals surface area contributed by atoms with Gasteiger partial charge in [0.25, 0.3) is 0 Å². The molecule has 4 rings (SSSR count). The quantitative estimate of drug-likeness (QED) is 0.795. The monoisotopic (exact) mass is 365 g/mol. The van der Waals surface area contributed by atoms with Crippen LogP contribution >= 0.6 is 23.2 Å². The summed E-state index contributed by atoms with van der Waals surface area (Å²) < 4.78 is 20.2. The van der Waals surface area contributed by atoms with Gasteiger partial charge in [0, 0.05) is 29.7 Å². The summed E-state index contributed by atoms with van der Waals surface area (Å²) >= 11 is 12.6. The van der Waals surface area contributed by atoms with Crippen LogP contribution in [0.3, 0.4) is 0 Å². The van der Waals surface area contributed by atoms with Crippen molar-refractivity contribution in [2.24, 2.45) is 5.92 Å². The Labute approximate surface area is 150 Å². The molecule has 1 aliphatic carbocycles. The van der Waals surface area contributed by atoms with E-state index in [-0.39, 0.29) is 11.9 Å². The van der Waals surface area contributed by atoms with Gasteiger partial charge in [-0.1, -0.05) is 29.3 Å². The summed E-state index contributed by atoms with van der Waals surface area (Å²) in [5, 5.41) is 4.44. The van der Waals surface area contributed by atoms with Gasteiger partial charge in [0.1, 0.15) is 17.7 Å². The standard InChI is InChI=1S/C19H18Cl2FNO/c20-16-2-1-3-17(21)18(16)15-8-13(22)6-12-7-14(24-19(12)15)10-23-9-11-4-5-11/h1-3,6,8,11,14,23H,4-5,7,9-10H2. The Balaban J connectivity index is 1.62. The van der Waals surface area contributed by atoms with E-state index < -0.39 is 0 Å². The number of hydrogen-bond acceptors (Lipinski definition) is 2. The summed E-state index contributed by atoms with van der Waals surface area (Å²) in [5.74, 6) is 1.23. The van der Waals surface area contributed by atoms with E-state index in [0.717, 1.165) is 24.6 Å². The third-order valence-electron chi connectivity index (χ3n) is 4.60. The van der Waals surface area contributed by atoms with Gasteiger partial charge in [-0.05, 0) is 49.6 Å². The number of ether oxygens (including phenoxy) is 1. The molecule has 0 amide bonds.